The second-order valence-electron chi connectivity index (χ2n) is 12.3. The number of amidine groups is 1. The molecule has 15 N–H and O–H groups in total. The van der Waals surface area contributed by atoms with Crippen LogP contribution < -0.4 is 49.9 Å². The Balaban J connectivity index is 3.04. The van der Waals surface area contributed by atoms with E-state index in [-0.39, 0.29) is 68.5 Å². The molecule has 0 saturated heterocycles. The molecule has 1 aromatic rings. The van der Waals surface area contributed by atoms with Crippen LogP contribution in [0, 0.1) is 11.3 Å². The lowest BCUT2D eigenvalue weighted by molar-refractivity contribution is -0.134. The number of aliphatic imine (C=N–C) groups is 2. The van der Waals surface area contributed by atoms with Gasteiger partial charge in [0.15, 0.2) is 11.9 Å². The van der Waals surface area contributed by atoms with Crippen LogP contribution in [0.5, 0.6) is 0 Å². The van der Waals surface area contributed by atoms with Gasteiger partial charge in [-0.1, -0.05) is 70.7 Å². The molecule has 274 valence electrons. The highest BCUT2D eigenvalue weighted by molar-refractivity contribution is 5.95. The first kappa shape index (κ1) is 42.1. The van der Waals surface area contributed by atoms with Gasteiger partial charge >= 0.3 is 0 Å². The van der Waals surface area contributed by atoms with E-state index in [1.807, 2.05) is 0 Å². The number of benzene rings is 1. The molecule has 0 spiro atoms. The molecule has 16 nitrogen and oxygen atoms in total. The summed E-state index contributed by atoms with van der Waals surface area (Å²) in [6.07, 6.45) is 6.43. The van der Waals surface area contributed by atoms with E-state index in [4.69, 9.17) is 34.1 Å². The van der Waals surface area contributed by atoms with E-state index >= 15 is 0 Å². The smallest absolute Gasteiger partial charge is 0.243 e. The molecule has 0 fully saturated rings. The van der Waals surface area contributed by atoms with Gasteiger partial charge in [0.2, 0.25) is 23.6 Å². The van der Waals surface area contributed by atoms with Gasteiger partial charge in [0.05, 0.1) is 0 Å². The van der Waals surface area contributed by atoms with Crippen LogP contribution in [0.1, 0.15) is 96.1 Å². The van der Waals surface area contributed by atoms with Crippen LogP contribution in [0.3, 0.4) is 0 Å². The summed E-state index contributed by atoms with van der Waals surface area (Å²) in [5.74, 6) is -2.36. The SMILES string of the molecule is CCCCCCCC(=O)N[C@@H](CCCN=C(N)N)C(=O)NC(C(=O)N[C@@H](CCCN=C(N)N)C(=O)NCc1ccc(C(=N)N)cc1)C(C)C. The van der Waals surface area contributed by atoms with Gasteiger partial charge in [-0.3, -0.25) is 34.6 Å². The van der Waals surface area contributed by atoms with Gasteiger partial charge in [0.1, 0.15) is 24.0 Å². The van der Waals surface area contributed by atoms with E-state index in [0.29, 0.717) is 24.8 Å². The minimum absolute atomic E-state index is 0.0663. The Morgan fingerprint density at radius 1 is 0.714 bits per heavy atom. The van der Waals surface area contributed by atoms with Crippen LogP contribution in [0.25, 0.3) is 0 Å². The zero-order chi connectivity index (χ0) is 36.8. The largest absolute Gasteiger partial charge is 0.384 e. The summed E-state index contributed by atoms with van der Waals surface area (Å²) >= 11 is 0. The highest BCUT2D eigenvalue weighted by Gasteiger charge is 2.31. The second-order valence-corrected chi connectivity index (χ2v) is 12.3. The zero-order valence-electron chi connectivity index (χ0n) is 29.2. The summed E-state index contributed by atoms with van der Waals surface area (Å²) in [6.45, 7) is 6.34. The lowest BCUT2D eigenvalue weighted by atomic mass is 10.0. The number of unbranched alkanes of at least 4 members (excludes halogenated alkanes) is 4. The molecule has 1 unspecified atom stereocenters. The van der Waals surface area contributed by atoms with E-state index in [0.717, 1.165) is 31.2 Å². The molecular formula is C33H58N12O4. The third kappa shape index (κ3) is 18.3. The molecule has 1 rings (SSSR count). The minimum Gasteiger partial charge on any atom is -0.384 e. The molecule has 16 heteroatoms. The van der Waals surface area contributed by atoms with Crippen LogP contribution in [0.4, 0.5) is 0 Å². The Bertz CT molecular complexity index is 1260. The predicted octanol–water partition coefficient (Wildman–Crippen LogP) is 0.165. The molecule has 0 radical (unpaired) electrons. The van der Waals surface area contributed by atoms with Gasteiger partial charge in [-0.15, -0.1) is 0 Å². The van der Waals surface area contributed by atoms with Crippen LogP contribution in [-0.2, 0) is 25.7 Å². The summed E-state index contributed by atoms with van der Waals surface area (Å²) in [6, 6.07) is 3.96. The van der Waals surface area contributed by atoms with Crippen molar-refractivity contribution in [3.63, 3.8) is 0 Å². The first-order chi connectivity index (χ1) is 23.2. The summed E-state index contributed by atoms with van der Waals surface area (Å²) in [4.78, 5) is 61.1. The fraction of sp³-hybridized carbons (Fsp3) is 0.606. The Morgan fingerprint density at radius 3 is 1.78 bits per heavy atom. The number of nitrogens with two attached hydrogens (primary N) is 5. The third-order valence-corrected chi connectivity index (χ3v) is 7.66. The zero-order valence-corrected chi connectivity index (χ0v) is 29.2. The number of carbonyl (C=O) groups is 4. The molecular weight excluding hydrogens is 628 g/mol. The molecule has 0 heterocycles. The predicted molar refractivity (Wildman–Crippen MR) is 193 cm³/mol. The van der Waals surface area contributed by atoms with Crippen molar-refractivity contribution in [2.45, 2.75) is 110 Å². The lowest BCUT2D eigenvalue weighted by Gasteiger charge is -2.27. The molecule has 0 aliphatic heterocycles. The van der Waals surface area contributed by atoms with Crippen LogP contribution in [0.15, 0.2) is 34.3 Å². The molecule has 49 heavy (non-hydrogen) atoms. The maximum atomic E-state index is 13.6. The van der Waals surface area contributed by atoms with Crippen molar-refractivity contribution in [1.29, 1.82) is 5.41 Å². The molecule has 4 amide bonds. The highest BCUT2D eigenvalue weighted by atomic mass is 16.2. The fourth-order valence-electron chi connectivity index (χ4n) is 4.87. The average molecular weight is 687 g/mol. The Labute approximate surface area is 289 Å². The van der Waals surface area contributed by atoms with E-state index < -0.39 is 35.8 Å². The van der Waals surface area contributed by atoms with Gasteiger partial charge in [-0.05, 0) is 43.6 Å². The number of nitrogens with one attached hydrogen (secondary N) is 5. The van der Waals surface area contributed by atoms with E-state index in [1.165, 1.54) is 0 Å². The van der Waals surface area contributed by atoms with Gasteiger partial charge in [-0.2, -0.15) is 0 Å². The number of rotatable bonds is 24. The van der Waals surface area contributed by atoms with Crippen molar-refractivity contribution in [2.24, 2.45) is 44.6 Å². The molecule has 3 atom stereocenters. The minimum atomic E-state index is -1.01. The monoisotopic (exact) mass is 686 g/mol. The van der Waals surface area contributed by atoms with Crippen LogP contribution >= 0.6 is 0 Å². The van der Waals surface area contributed by atoms with E-state index in [9.17, 15) is 19.2 Å². The summed E-state index contributed by atoms with van der Waals surface area (Å²) < 4.78 is 0. The quantitative estimate of drug-likeness (QED) is 0.0402. The van der Waals surface area contributed by atoms with Crippen molar-refractivity contribution in [3.05, 3.63) is 35.4 Å². The van der Waals surface area contributed by atoms with Gasteiger partial charge in [-0.25, -0.2) is 0 Å². The second kappa shape index (κ2) is 23.4. The molecule has 1 aromatic carbocycles. The maximum Gasteiger partial charge on any atom is 0.243 e. The average Bonchev–Trinajstić information content (AvgIpc) is 3.04. The third-order valence-electron chi connectivity index (χ3n) is 7.66. The van der Waals surface area contributed by atoms with Crippen molar-refractivity contribution < 1.29 is 19.2 Å². The highest BCUT2D eigenvalue weighted by Crippen LogP contribution is 2.10. The summed E-state index contributed by atoms with van der Waals surface area (Å²) in [7, 11) is 0. The number of hydrogen-bond acceptors (Lipinski definition) is 7. The van der Waals surface area contributed by atoms with Crippen molar-refractivity contribution in [1.82, 2.24) is 21.3 Å². The lowest BCUT2D eigenvalue weighted by Crippen LogP contribution is -2.58. The molecule has 0 aliphatic carbocycles. The van der Waals surface area contributed by atoms with Gasteiger partial charge in [0.25, 0.3) is 0 Å². The van der Waals surface area contributed by atoms with Crippen LogP contribution in [-0.4, -0.2) is 72.6 Å². The Hall–Kier alpha value is -4.89. The van der Waals surface area contributed by atoms with E-state index in [2.05, 4.69) is 38.2 Å². The van der Waals surface area contributed by atoms with Gasteiger partial charge in [0, 0.05) is 31.6 Å². The molecule has 0 aromatic heterocycles. The number of guanidine groups is 2. The van der Waals surface area contributed by atoms with Gasteiger partial charge < -0.3 is 49.9 Å². The molecule has 0 bridgehead atoms. The number of nitrogen functional groups attached to an aromatic ring is 1. The number of carbonyl (C=O) groups excluding carboxylic acids is 4. The number of amides is 4. The normalized spacial score (nSPS) is 12.6. The topological polar surface area (TPSA) is 295 Å². The molecule has 0 saturated carbocycles. The van der Waals surface area contributed by atoms with E-state index in [1.54, 1.807) is 38.1 Å². The maximum absolute atomic E-state index is 13.6. The van der Waals surface area contributed by atoms with Crippen molar-refractivity contribution >= 4 is 41.4 Å². The number of nitrogens with zero attached hydrogens (tertiary/aromatic N) is 2. The number of hydrogen-bond donors (Lipinski definition) is 10. The Kier molecular flexibility index (Phi) is 20.2. The summed E-state index contributed by atoms with van der Waals surface area (Å²) in [5.41, 5.74) is 28.6. The first-order valence-corrected chi connectivity index (χ1v) is 17.0. The summed E-state index contributed by atoms with van der Waals surface area (Å²) in [5, 5.41) is 18.8. The first-order valence-electron chi connectivity index (χ1n) is 17.0. The fourth-order valence-corrected chi connectivity index (χ4v) is 4.87. The standard InChI is InChI=1S/C33H58N12O4/c1-4-5-6-7-8-13-26(46)43-25(12-10-19-41-33(38)39)30(48)45-27(21(2)3)31(49)44-24(11-9-18-40-32(36)37)29(47)42-20-22-14-16-23(17-15-22)28(34)35/h14-17,21,24-25,27H,4-13,18-20H2,1-3H3,(H3,34,35)(H,42,47)(H,43,46)(H,44,49)(H,45,48)(H4,36,37,40)(H4,38,39,41)/t24-,25-,27?/m0/s1. The Morgan fingerprint density at radius 2 is 1.27 bits per heavy atom. The molecule has 0 aliphatic rings. The van der Waals surface area contributed by atoms with Crippen LogP contribution in [0.2, 0.25) is 0 Å². The van der Waals surface area contributed by atoms with Crippen molar-refractivity contribution in [2.75, 3.05) is 13.1 Å². The van der Waals surface area contributed by atoms with Crippen molar-refractivity contribution in [3.8, 4) is 0 Å².